The second-order valence-electron chi connectivity index (χ2n) is 4.90. The highest BCUT2D eigenvalue weighted by atomic mass is 32.2. The van der Waals surface area contributed by atoms with Gasteiger partial charge >= 0.3 is 0 Å². The van der Waals surface area contributed by atoms with Crippen LogP contribution in [0.3, 0.4) is 0 Å². The number of sulfonamides is 1. The lowest BCUT2D eigenvalue weighted by molar-refractivity contribution is 0.149. The highest BCUT2D eigenvalue weighted by Gasteiger charge is 2.36. The van der Waals surface area contributed by atoms with Gasteiger partial charge in [0.25, 0.3) is 0 Å². The van der Waals surface area contributed by atoms with Gasteiger partial charge in [0.2, 0.25) is 10.0 Å². The van der Waals surface area contributed by atoms with E-state index in [4.69, 9.17) is 4.74 Å². The molecule has 1 aromatic carbocycles. The molecule has 0 unspecified atom stereocenters. The Labute approximate surface area is 117 Å². The van der Waals surface area contributed by atoms with Crippen LogP contribution in [0.15, 0.2) is 17.0 Å². The second kappa shape index (κ2) is 5.75. The molecule has 0 spiro atoms. The average Bonchev–Trinajstić information content (AvgIpc) is 2.83. The van der Waals surface area contributed by atoms with Crippen molar-refractivity contribution in [1.82, 2.24) is 4.31 Å². The van der Waals surface area contributed by atoms with E-state index in [9.17, 15) is 17.2 Å². The Morgan fingerprint density at radius 1 is 1.35 bits per heavy atom. The maximum Gasteiger partial charge on any atom is 0.246 e. The van der Waals surface area contributed by atoms with Gasteiger partial charge in [0, 0.05) is 25.8 Å². The average molecular weight is 305 g/mol. The number of rotatable bonds is 4. The molecule has 0 radical (unpaired) electrons. The van der Waals surface area contributed by atoms with Gasteiger partial charge in [-0.2, -0.15) is 4.31 Å². The minimum absolute atomic E-state index is 0.104. The molecule has 0 amide bonds. The zero-order valence-electron chi connectivity index (χ0n) is 11.4. The van der Waals surface area contributed by atoms with E-state index in [1.165, 1.54) is 18.3 Å². The van der Waals surface area contributed by atoms with Gasteiger partial charge in [0.15, 0.2) is 0 Å². The first-order valence-electron chi connectivity index (χ1n) is 6.34. The largest absolute Gasteiger partial charge is 0.383 e. The topological polar surface area (TPSA) is 46.6 Å². The fourth-order valence-electron chi connectivity index (χ4n) is 2.44. The molecule has 112 valence electrons. The lowest BCUT2D eigenvalue weighted by Crippen LogP contribution is -2.38. The van der Waals surface area contributed by atoms with Crippen molar-refractivity contribution in [1.29, 1.82) is 0 Å². The molecule has 2 rings (SSSR count). The van der Waals surface area contributed by atoms with Crippen LogP contribution in [0.1, 0.15) is 18.4 Å². The summed E-state index contributed by atoms with van der Waals surface area (Å²) >= 11 is 0. The molecule has 0 aliphatic carbocycles. The Kier molecular flexibility index (Phi) is 4.41. The molecule has 0 aromatic heterocycles. The van der Waals surface area contributed by atoms with Gasteiger partial charge in [0.1, 0.15) is 16.5 Å². The lowest BCUT2D eigenvalue weighted by Gasteiger charge is -2.23. The molecule has 0 N–H and O–H groups in total. The fourth-order valence-corrected chi connectivity index (χ4v) is 4.25. The number of methoxy groups -OCH3 is 1. The number of halogens is 2. The summed E-state index contributed by atoms with van der Waals surface area (Å²) in [5.74, 6) is -1.81. The normalized spacial score (nSPS) is 20.5. The van der Waals surface area contributed by atoms with E-state index < -0.39 is 26.6 Å². The molecule has 1 fully saturated rings. The third-order valence-electron chi connectivity index (χ3n) is 3.48. The summed E-state index contributed by atoms with van der Waals surface area (Å²) in [5, 5.41) is 0. The Hall–Kier alpha value is -1.05. The monoisotopic (exact) mass is 305 g/mol. The van der Waals surface area contributed by atoms with Gasteiger partial charge in [-0.05, 0) is 31.4 Å². The fraction of sp³-hybridized carbons (Fsp3) is 0.538. The van der Waals surface area contributed by atoms with E-state index in [2.05, 4.69) is 0 Å². The molecule has 1 saturated heterocycles. The number of hydrogen-bond acceptors (Lipinski definition) is 3. The minimum Gasteiger partial charge on any atom is -0.383 e. The summed E-state index contributed by atoms with van der Waals surface area (Å²) in [7, 11) is -2.48. The van der Waals surface area contributed by atoms with Crippen molar-refractivity contribution in [3.8, 4) is 0 Å². The maximum atomic E-state index is 13.8. The van der Waals surface area contributed by atoms with Crippen molar-refractivity contribution in [3.05, 3.63) is 29.3 Å². The van der Waals surface area contributed by atoms with Crippen LogP contribution in [-0.4, -0.2) is 39.0 Å². The highest BCUT2D eigenvalue weighted by Crippen LogP contribution is 2.28. The van der Waals surface area contributed by atoms with Crippen LogP contribution >= 0.6 is 0 Å². The van der Waals surface area contributed by atoms with E-state index in [0.717, 1.165) is 6.07 Å². The highest BCUT2D eigenvalue weighted by molar-refractivity contribution is 7.89. The Balaban J connectivity index is 2.42. The van der Waals surface area contributed by atoms with E-state index in [0.29, 0.717) is 25.5 Å². The maximum absolute atomic E-state index is 13.8. The molecule has 20 heavy (non-hydrogen) atoms. The van der Waals surface area contributed by atoms with Crippen LogP contribution in [0.2, 0.25) is 0 Å². The molecule has 1 aromatic rings. The molecule has 1 aliphatic rings. The van der Waals surface area contributed by atoms with Gasteiger partial charge in [0.05, 0.1) is 6.61 Å². The summed E-state index contributed by atoms with van der Waals surface area (Å²) in [6.07, 6.45) is 1.38. The van der Waals surface area contributed by atoms with Gasteiger partial charge in [-0.15, -0.1) is 0 Å². The van der Waals surface area contributed by atoms with Crippen LogP contribution in [-0.2, 0) is 14.8 Å². The first kappa shape index (κ1) is 15.3. The molecule has 0 bridgehead atoms. The van der Waals surface area contributed by atoms with Gasteiger partial charge in [-0.1, -0.05) is 0 Å². The van der Waals surface area contributed by atoms with Crippen LogP contribution in [0, 0.1) is 18.6 Å². The molecule has 1 aliphatic heterocycles. The van der Waals surface area contributed by atoms with Gasteiger partial charge in [-0.3, -0.25) is 0 Å². The van der Waals surface area contributed by atoms with Crippen molar-refractivity contribution in [2.24, 2.45) is 0 Å². The van der Waals surface area contributed by atoms with Crippen molar-refractivity contribution >= 4 is 10.0 Å². The number of nitrogens with zero attached hydrogens (tertiary/aromatic N) is 1. The molecule has 4 nitrogen and oxygen atoms in total. The van der Waals surface area contributed by atoms with Crippen LogP contribution in [0.25, 0.3) is 0 Å². The number of hydrogen-bond donors (Lipinski definition) is 0. The summed E-state index contributed by atoms with van der Waals surface area (Å²) in [6, 6.07) is 1.36. The molecule has 1 heterocycles. The third kappa shape index (κ3) is 2.70. The molecule has 1 atom stereocenters. The Bertz CT molecular complexity index is 604. The van der Waals surface area contributed by atoms with Gasteiger partial charge in [-0.25, -0.2) is 17.2 Å². The van der Waals surface area contributed by atoms with Crippen molar-refractivity contribution in [2.45, 2.75) is 30.7 Å². The third-order valence-corrected chi connectivity index (χ3v) is 5.45. The van der Waals surface area contributed by atoms with Crippen LogP contribution < -0.4 is 0 Å². The first-order chi connectivity index (χ1) is 9.37. The summed E-state index contributed by atoms with van der Waals surface area (Å²) in [6.45, 7) is 2.00. The van der Waals surface area contributed by atoms with Crippen LogP contribution in [0.5, 0.6) is 0 Å². The zero-order valence-corrected chi connectivity index (χ0v) is 12.2. The summed E-state index contributed by atoms with van der Waals surface area (Å²) in [4.78, 5) is -0.473. The molecule has 7 heteroatoms. The van der Waals surface area contributed by atoms with E-state index in [1.807, 2.05) is 0 Å². The summed E-state index contributed by atoms with van der Waals surface area (Å²) < 4.78 is 58.3. The molecular formula is C13H17F2NO3S. The second-order valence-corrected chi connectivity index (χ2v) is 6.76. The predicted octanol–water partition coefficient (Wildman–Crippen LogP) is 2.07. The van der Waals surface area contributed by atoms with E-state index >= 15 is 0 Å². The first-order valence-corrected chi connectivity index (χ1v) is 7.78. The Morgan fingerprint density at radius 3 is 2.70 bits per heavy atom. The number of benzene rings is 1. The van der Waals surface area contributed by atoms with E-state index in [1.54, 1.807) is 0 Å². The quantitative estimate of drug-likeness (QED) is 0.855. The minimum atomic E-state index is -3.97. The zero-order chi connectivity index (χ0) is 14.9. The van der Waals surface area contributed by atoms with Crippen molar-refractivity contribution in [2.75, 3.05) is 20.3 Å². The Morgan fingerprint density at radius 2 is 2.05 bits per heavy atom. The van der Waals surface area contributed by atoms with Gasteiger partial charge < -0.3 is 4.74 Å². The van der Waals surface area contributed by atoms with E-state index in [-0.39, 0.29) is 18.2 Å². The van der Waals surface area contributed by atoms with Crippen molar-refractivity contribution in [3.63, 3.8) is 0 Å². The van der Waals surface area contributed by atoms with Crippen LogP contribution in [0.4, 0.5) is 8.78 Å². The number of ether oxygens (including phenoxy) is 1. The standard InChI is InChI=1S/C13H17F2NO3S/c1-9-6-13(12(15)7-11(9)14)20(17,18)16-5-3-4-10(16)8-19-2/h6-7,10H,3-5,8H2,1-2H3/t10-/m1/s1. The molecular weight excluding hydrogens is 288 g/mol. The number of aryl methyl sites for hydroxylation is 1. The summed E-state index contributed by atoms with van der Waals surface area (Å²) in [5.41, 5.74) is 0.104. The molecule has 0 saturated carbocycles. The lowest BCUT2D eigenvalue weighted by atomic mass is 10.2. The SMILES string of the molecule is COC[C@H]1CCCN1S(=O)(=O)c1cc(C)c(F)cc1F. The van der Waals surface area contributed by atoms with Crippen molar-refractivity contribution < 1.29 is 21.9 Å². The smallest absolute Gasteiger partial charge is 0.246 e. The predicted molar refractivity (Wildman–Crippen MR) is 69.9 cm³/mol.